The number of aromatic hydroxyl groups is 2. The van der Waals surface area contributed by atoms with E-state index in [0.29, 0.717) is 38.5 Å². The van der Waals surface area contributed by atoms with E-state index in [2.05, 4.69) is 0 Å². The smallest absolute Gasteiger partial charge is 0.309 e. The Morgan fingerprint density at radius 3 is 1.42 bits per heavy atom. The molecular weight excluding hydrogens is 548 g/mol. The third-order valence-electron chi connectivity index (χ3n) is 10.8. The zero-order valence-corrected chi connectivity index (χ0v) is 26.9. The molecule has 0 radical (unpaired) electrons. The van der Waals surface area contributed by atoms with Gasteiger partial charge in [0.25, 0.3) is 0 Å². The Kier molecular flexibility index (Phi) is 9.29. The molecule has 2 aromatic carbocycles. The van der Waals surface area contributed by atoms with Crippen molar-refractivity contribution in [3.8, 4) is 23.0 Å². The summed E-state index contributed by atoms with van der Waals surface area (Å²) >= 11 is 0. The molecule has 43 heavy (non-hydrogen) atoms. The summed E-state index contributed by atoms with van der Waals surface area (Å²) in [4.78, 5) is 24.6. The molecule has 8 nitrogen and oxygen atoms in total. The number of hydrogen-bond acceptors (Lipinski definition) is 6. The van der Waals surface area contributed by atoms with Crippen molar-refractivity contribution in [2.45, 2.75) is 119 Å². The van der Waals surface area contributed by atoms with Crippen LogP contribution in [0.4, 0.5) is 0 Å². The van der Waals surface area contributed by atoms with Crippen LogP contribution < -0.4 is 9.47 Å². The molecule has 0 bridgehead atoms. The van der Waals surface area contributed by atoms with Gasteiger partial charge in [-0.15, -0.1) is 0 Å². The molecule has 0 aliphatic carbocycles. The number of carbonyl (C=O) groups is 2. The van der Waals surface area contributed by atoms with Crippen LogP contribution in [0.25, 0.3) is 0 Å². The van der Waals surface area contributed by atoms with Gasteiger partial charge in [0.05, 0.1) is 17.6 Å². The van der Waals surface area contributed by atoms with Gasteiger partial charge in [-0.2, -0.15) is 0 Å². The lowest BCUT2D eigenvalue weighted by atomic mass is 9.70. The van der Waals surface area contributed by atoms with Crippen molar-refractivity contribution in [3.05, 3.63) is 44.5 Å². The summed E-state index contributed by atoms with van der Waals surface area (Å²) in [5.41, 5.74) is 5.76. The molecule has 2 aliphatic rings. The number of aliphatic carboxylic acids is 2. The summed E-state index contributed by atoms with van der Waals surface area (Å²) in [5.74, 6) is 0.238. The van der Waals surface area contributed by atoms with Crippen LogP contribution in [0.3, 0.4) is 0 Å². The maximum atomic E-state index is 13.0. The molecule has 0 spiro atoms. The number of ether oxygens (including phenoxy) is 2. The summed E-state index contributed by atoms with van der Waals surface area (Å²) in [7, 11) is 0. The second-order valence-corrected chi connectivity index (χ2v) is 13.2. The third kappa shape index (κ3) is 6.02. The van der Waals surface area contributed by atoms with Crippen LogP contribution in [0.5, 0.6) is 23.0 Å². The first-order chi connectivity index (χ1) is 20.1. The number of benzene rings is 2. The quantitative estimate of drug-likeness (QED) is 0.230. The fourth-order valence-electron chi connectivity index (χ4n) is 7.21. The fraction of sp³-hybridized carbons (Fsp3) is 0.600. The highest BCUT2D eigenvalue weighted by atomic mass is 16.5. The van der Waals surface area contributed by atoms with E-state index in [1.54, 1.807) is 0 Å². The Balaban J connectivity index is 1.57. The molecule has 2 aliphatic heterocycles. The van der Waals surface area contributed by atoms with Crippen molar-refractivity contribution < 1.29 is 39.5 Å². The van der Waals surface area contributed by atoms with Crippen molar-refractivity contribution in [1.29, 1.82) is 0 Å². The molecule has 236 valence electrons. The molecular formula is C35H48O8. The number of phenolic OH excluding ortho intramolecular Hbond substituents is 2. The van der Waals surface area contributed by atoms with Crippen LogP contribution in [-0.2, 0) is 22.4 Å². The highest BCUT2D eigenvalue weighted by molar-refractivity contribution is 5.76. The Morgan fingerprint density at radius 2 is 1.07 bits per heavy atom. The van der Waals surface area contributed by atoms with Gasteiger partial charge in [-0.05, 0) is 146 Å². The van der Waals surface area contributed by atoms with Gasteiger partial charge in [-0.3, -0.25) is 9.59 Å². The first-order valence-electron chi connectivity index (χ1n) is 15.5. The first-order valence-corrected chi connectivity index (χ1v) is 15.5. The highest BCUT2D eigenvalue weighted by Gasteiger charge is 2.42. The van der Waals surface area contributed by atoms with E-state index in [4.69, 9.17) is 9.47 Å². The van der Waals surface area contributed by atoms with Crippen LogP contribution in [0.15, 0.2) is 0 Å². The van der Waals surface area contributed by atoms with Crippen LogP contribution in [-0.4, -0.2) is 44.6 Å². The predicted molar refractivity (Wildman–Crippen MR) is 165 cm³/mol. The molecule has 2 aromatic rings. The van der Waals surface area contributed by atoms with Crippen molar-refractivity contribution in [1.82, 2.24) is 0 Å². The van der Waals surface area contributed by atoms with E-state index in [1.165, 1.54) is 0 Å². The molecule has 4 rings (SSSR count). The second-order valence-electron chi connectivity index (χ2n) is 13.2. The zero-order valence-electron chi connectivity index (χ0n) is 26.9. The summed E-state index contributed by atoms with van der Waals surface area (Å²) in [5, 5.41) is 41.5. The Labute approximate surface area is 255 Å². The normalized spacial score (nSPS) is 22.5. The van der Waals surface area contributed by atoms with Crippen LogP contribution in [0, 0.1) is 58.8 Å². The van der Waals surface area contributed by atoms with Crippen LogP contribution >= 0.6 is 0 Å². The summed E-state index contributed by atoms with van der Waals surface area (Å²) in [6.07, 6.45) is 2.64. The lowest BCUT2D eigenvalue weighted by Crippen LogP contribution is -2.38. The van der Waals surface area contributed by atoms with Crippen molar-refractivity contribution in [2.24, 2.45) is 17.3 Å². The number of carboxylic acid groups (broad SMARTS) is 2. The number of carboxylic acids is 2. The molecule has 0 saturated carbocycles. The average molecular weight is 597 g/mol. The minimum Gasteiger partial charge on any atom is -0.507 e. The van der Waals surface area contributed by atoms with Crippen LogP contribution in [0.1, 0.15) is 96.9 Å². The average Bonchev–Trinajstić information content (AvgIpc) is 2.96. The number of rotatable bonds is 10. The minimum absolute atomic E-state index is 0.0249. The predicted octanol–water partition coefficient (Wildman–Crippen LogP) is 7.02. The summed E-state index contributed by atoms with van der Waals surface area (Å²) < 4.78 is 12.7. The van der Waals surface area contributed by atoms with Crippen molar-refractivity contribution >= 4 is 11.9 Å². The zero-order chi connectivity index (χ0) is 32.0. The molecule has 8 heteroatoms. The van der Waals surface area contributed by atoms with Gasteiger partial charge >= 0.3 is 11.9 Å². The maximum Gasteiger partial charge on any atom is 0.309 e. The Bertz CT molecular complexity index is 1330. The standard InChI is InChI=1S/C35H48O8/c1-17-19(3)32-27(21(5)30(17)38)15-25(23(7)42-32)9-12-35(34(40)41,14-11-29(36)37)13-10-26-16-28-22(6)31(39)18(2)20(4)33(28)43-24(26)8/h23-26,38-39H,9-16H2,1-8H3,(H,36,37)(H,40,41). The molecule has 4 unspecified atom stereocenters. The van der Waals surface area contributed by atoms with Crippen molar-refractivity contribution in [2.75, 3.05) is 0 Å². The number of phenols is 2. The Hall–Kier alpha value is -3.42. The third-order valence-corrected chi connectivity index (χ3v) is 10.8. The molecule has 0 saturated heterocycles. The van der Waals surface area contributed by atoms with E-state index in [-0.39, 0.29) is 48.4 Å². The van der Waals surface area contributed by atoms with Gasteiger partial charge in [0.2, 0.25) is 0 Å². The van der Waals surface area contributed by atoms with E-state index in [9.17, 15) is 30.0 Å². The molecule has 0 amide bonds. The summed E-state index contributed by atoms with van der Waals surface area (Å²) in [6, 6.07) is 0. The molecule has 2 heterocycles. The maximum absolute atomic E-state index is 13.0. The highest BCUT2D eigenvalue weighted by Crippen LogP contribution is 2.47. The fourth-order valence-corrected chi connectivity index (χ4v) is 7.21. The van der Waals surface area contributed by atoms with E-state index in [0.717, 1.165) is 56.0 Å². The number of hydrogen-bond donors (Lipinski definition) is 4. The van der Waals surface area contributed by atoms with E-state index >= 15 is 0 Å². The van der Waals surface area contributed by atoms with Crippen LogP contribution in [0.2, 0.25) is 0 Å². The van der Waals surface area contributed by atoms with Gasteiger partial charge in [-0.1, -0.05) is 0 Å². The molecule has 4 N–H and O–H groups in total. The van der Waals surface area contributed by atoms with E-state index < -0.39 is 17.4 Å². The number of fused-ring (bicyclic) bond motifs is 2. The second kappa shape index (κ2) is 12.3. The van der Waals surface area contributed by atoms with E-state index in [1.807, 2.05) is 55.4 Å². The monoisotopic (exact) mass is 596 g/mol. The van der Waals surface area contributed by atoms with Gasteiger partial charge in [0, 0.05) is 17.5 Å². The van der Waals surface area contributed by atoms with Gasteiger partial charge < -0.3 is 29.9 Å². The summed E-state index contributed by atoms with van der Waals surface area (Å²) in [6.45, 7) is 15.4. The molecule has 4 atom stereocenters. The SMILES string of the molecule is Cc1c(C)c2c(c(C)c1O)CC(CCC(CCC(=O)O)(CCC1Cc3c(C)c(O)c(C)c(C)c3OC1C)C(=O)O)C(C)O2. The van der Waals surface area contributed by atoms with Gasteiger partial charge in [0.1, 0.15) is 23.0 Å². The minimum atomic E-state index is -1.21. The lowest BCUT2D eigenvalue weighted by molar-refractivity contribution is -0.152. The van der Waals surface area contributed by atoms with Gasteiger partial charge in [0.15, 0.2) is 0 Å². The van der Waals surface area contributed by atoms with Gasteiger partial charge in [-0.25, -0.2) is 0 Å². The topological polar surface area (TPSA) is 134 Å². The largest absolute Gasteiger partial charge is 0.507 e. The first kappa shape index (κ1) is 32.5. The lowest BCUT2D eigenvalue weighted by Gasteiger charge is -2.38. The molecule has 0 fully saturated rings. The molecule has 0 aromatic heterocycles. The Morgan fingerprint density at radius 1 is 0.674 bits per heavy atom. The van der Waals surface area contributed by atoms with Crippen molar-refractivity contribution in [3.63, 3.8) is 0 Å².